The summed E-state index contributed by atoms with van der Waals surface area (Å²) in [7, 11) is -4.84. The number of benzene rings is 2. The minimum Gasteiger partial charge on any atom is -0.493 e. The van der Waals surface area contributed by atoms with Gasteiger partial charge < -0.3 is 9.57 Å². The van der Waals surface area contributed by atoms with E-state index >= 15 is 4.39 Å². The number of sulfonamides is 1. The van der Waals surface area contributed by atoms with E-state index in [2.05, 4.69) is 25.7 Å². The Bertz CT molecular complexity index is 1430. The van der Waals surface area contributed by atoms with Crippen molar-refractivity contribution >= 4 is 49.4 Å². The molecular formula is C26H26BrClF4N2O6S. The Morgan fingerprint density at radius 1 is 1.12 bits per heavy atom. The number of hydrogen-bond donors (Lipinski definition) is 0. The topological polar surface area (TPSA) is 93.2 Å². The van der Waals surface area contributed by atoms with Crippen molar-refractivity contribution < 1.29 is 45.1 Å². The van der Waals surface area contributed by atoms with Crippen LogP contribution in [-0.2, 0) is 26.2 Å². The quantitative estimate of drug-likeness (QED) is 0.255. The van der Waals surface area contributed by atoms with Gasteiger partial charge in [0.25, 0.3) is 10.0 Å². The first-order valence-electron chi connectivity index (χ1n) is 12.6. The Hall–Kier alpha value is -2.42. The second-order valence-electron chi connectivity index (χ2n) is 10.1. The lowest BCUT2D eigenvalue weighted by Gasteiger charge is -2.32. The molecule has 0 spiro atoms. The van der Waals surface area contributed by atoms with Gasteiger partial charge in [-0.1, -0.05) is 38.1 Å². The highest BCUT2D eigenvalue weighted by molar-refractivity contribution is 9.10. The fourth-order valence-corrected chi connectivity index (χ4v) is 5.80. The highest BCUT2D eigenvalue weighted by Gasteiger charge is 2.45. The van der Waals surface area contributed by atoms with Gasteiger partial charge in [-0.05, 0) is 79.9 Å². The van der Waals surface area contributed by atoms with Crippen LogP contribution in [0.3, 0.4) is 0 Å². The highest BCUT2D eigenvalue weighted by Crippen LogP contribution is 2.45. The third kappa shape index (κ3) is 8.11. The monoisotopic (exact) mass is 684 g/mol. The van der Waals surface area contributed by atoms with Gasteiger partial charge in [0.05, 0.1) is 18.4 Å². The molecule has 0 atom stereocenters. The van der Waals surface area contributed by atoms with Crippen LogP contribution in [0.2, 0.25) is 5.02 Å². The Balaban J connectivity index is 1.43. The number of carbonyl (C=O) groups excluding carboxylic acids is 2. The average Bonchev–Trinajstić information content (AvgIpc) is 3.72. The maximum Gasteiger partial charge on any atom is 0.493 e. The number of nitrogens with zero attached hydrogens (tertiary/aromatic N) is 2. The molecule has 4 rings (SSSR count). The van der Waals surface area contributed by atoms with Gasteiger partial charge >= 0.3 is 18.1 Å². The Labute approximate surface area is 247 Å². The Kier molecular flexibility index (Phi) is 9.56. The molecule has 2 aromatic carbocycles. The van der Waals surface area contributed by atoms with E-state index in [9.17, 15) is 31.2 Å². The summed E-state index contributed by atoms with van der Waals surface area (Å²) >= 11 is 9.73. The third-order valence-corrected chi connectivity index (χ3v) is 8.49. The molecule has 15 heteroatoms. The van der Waals surface area contributed by atoms with Crippen LogP contribution in [-0.4, -0.2) is 61.8 Å². The molecule has 2 fully saturated rings. The lowest BCUT2D eigenvalue weighted by atomic mass is 9.97. The van der Waals surface area contributed by atoms with Crippen molar-refractivity contribution in [3.63, 3.8) is 0 Å². The Morgan fingerprint density at radius 2 is 1.78 bits per heavy atom. The molecule has 1 amide bonds. The number of likely N-dealkylation sites (tertiary alicyclic amines) is 1. The highest BCUT2D eigenvalue weighted by atomic mass is 79.9. The summed E-state index contributed by atoms with van der Waals surface area (Å²) in [6, 6.07) is 7.72. The van der Waals surface area contributed by atoms with Crippen molar-refractivity contribution in [2.75, 3.05) is 26.0 Å². The van der Waals surface area contributed by atoms with Crippen LogP contribution in [0.5, 0.6) is 5.75 Å². The molecule has 1 heterocycles. The zero-order valence-electron chi connectivity index (χ0n) is 21.7. The summed E-state index contributed by atoms with van der Waals surface area (Å²) in [5.41, 5.74) is 0.582. The van der Waals surface area contributed by atoms with E-state index in [1.165, 1.54) is 0 Å². The maximum atomic E-state index is 15.1. The van der Waals surface area contributed by atoms with Crippen LogP contribution in [0.25, 0.3) is 0 Å². The molecule has 1 aliphatic heterocycles. The molecule has 0 radical (unpaired) electrons. The molecule has 2 aromatic rings. The second kappa shape index (κ2) is 12.4. The van der Waals surface area contributed by atoms with E-state index in [4.69, 9.17) is 16.3 Å². The van der Waals surface area contributed by atoms with E-state index in [-0.39, 0.29) is 24.2 Å². The molecule has 8 nitrogen and oxygen atoms in total. The minimum absolute atomic E-state index is 0.0981. The predicted molar refractivity (Wildman–Crippen MR) is 144 cm³/mol. The molecule has 1 saturated heterocycles. The van der Waals surface area contributed by atoms with Gasteiger partial charge in [-0.15, -0.1) is 0 Å². The largest absolute Gasteiger partial charge is 0.493 e. The zero-order chi connectivity index (χ0) is 30.1. The van der Waals surface area contributed by atoms with Gasteiger partial charge in [0.1, 0.15) is 11.6 Å². The summed E-state index contributed by atoms with van der Waals surface area (Å²) < 4.78 is 83.0. The van der Waals surface area contributed by atoms with Gasteiger partial charge in [-0.2, -0.15) is 13.2 Å². The first-order chi connectivity index (χ1) is 19.1. The van der Waals surface area contributed by atoms with Crippen molar-refractivity contribution in [1.82, 2.24) is 9.37 Å². The van der Waals surface area contributed by atoms with Crippen molar-refractivity contribution in [2.45, 2.75) is 44.3 Å². The number of hydroxylamine groups is 1. The third-order valence-electron chi connectivity index (χ3n) is 6.80. The van der Waals surface area contributed by atoms with Crippen LogP contribution < -0.4 is 4.74 Å². The van der Waals surface area contributed by atoms with Crippen molar-refractivity contribution in [3.8, 4) is 5.75 Å². The molecule has 224 valence electrons. The smallest absolute Gasteiger partial charge is 0.493 e. The first kappa shape index (κ1) is 31.5. The molecule has 1 aliphatic carbocycles. The number of piperidine rings is 1. The molecule has 0 N–H and O–H groups in total. The SMILES string of the molecule is CS(=O)(=O)N(OC(=O)C(F)(F)F)C(=O)c1cc(C2CC2)c(OCC2CCN(Cc3ccc(Br)cc3Cl)CC2)cc1F. The van der Waals surface area contributed by atoms with Crippen LogP contribution in [0.15, 0.2) is 34.8 Å². The van der Waals surface area contributed by atoms with E-state index < -0.39 is 43.9 Å². The maximum absolute atomic E-state index is 15.1. The van der Waals surface area contributed by atoms with E-state index in [1.54, 1.807) is 0 Å². The van der Waals surface area contributed by atoms with Crippen LogP contribution in [0.4, 0.5) is 17.6 Å². The second-order valence-corrected chi connectivity index (χ2v) is 13.2. The molecule has 0 bridgehead atoms. The lowest BCUT2D eigenvalue weighted by molar-refractivity contribution is -0.216. The number of carbonyl (C=O) groups is 2. The summed E-state index contributed by atoms with van der Waals surface area (Å²) in [5.74, 6) is -5.69. The fraction of sp³-hybridized carbons (Fsp3) is 0.462. The van der Waals surface area contributed by atoms with E-state index in [0.717, 1.165) is 48.1 Å². The lowest BCUT2D eigenvalue weighted by Crippen LogP contribution is -2.42. The van der Waals surface area contributed by atoms with Crippen LogP contribution in [0, 0.1) is 11.7 Å². The number of alkyl halides is 3. The van der Waals surface area contributed by atoms with Crippen LogP contribution in [0.1, 0.15) is 53.1 Å². The van der Waals surface area contributed by atoms with E-state index in [1.807, 2.05) is 18.2 Å². The summed E-state index contributed by atoms with van der Waals surface area (Å²) in [6.07, 6.45) is -2.19. The van der Waals surface area contributed by atoms with Crippen LogP contribution >= 0.6 is 27.5 Å². The zero-order valence-corrected chi connectivity index (χ0v) is 24.9. The fourth-order valence-electron chi connectivity index (χ4n) is 4.47. The number of halogens is 6. The number of hydrogen-bond acceptors (Lipinski definition) is 7. The standard InChI is InChI=1S/C26H26BrClF4N2O6S/c1-41(37,38)34(40-25(36)26(30,31)32)24(35)20-11-19(16-2-3-16)23(12-22(20)29)39-14-15-6-8-33(9-7-15)13-17-4-5-18(27)10-21(17)28/h4-5,10-12,15-16H,2-3,6-9,13-14H2,1H3. The molecule has 41 heavy (non-hydrogen) atoms. The first-order valence-corrected chi connectivity index (χ1v) is 15.6. The molecule has 2 aliphatic rings. The predicted octanol–water partition coefficient (Wildman–Crippen LogP) is 5.83. The Morgan fingerprint density at radius 3 is 2.34 bits per heavy atom. The molecule has 1 saturated carbocycles. The number of amides is 1. The summed E-state index contributed by atoms with van der Waals surface area (Å²) in [6.45, 7) is 2.58. The molecule has 0 unspecified atom stereocenters. The van der Waals surface area contributed by atoms with E-state index in [0.29, 0.717) is 36.2 Å². The van der Waals surface area contributed by atoms with Gasteiger partial charge in [-0.25, -0.2) is 17.6 Å². The molecule has 0 aromatic heterocycles. The van der Waals surface area contributed by atoms with Gasteiger partial charge in [-0.3, -0.25) is 9.69 Å². The number of ether oxygens (including phenoxy) is 1. The average molecular weight is 686 g/mol. The summed E-state index contributed by atoms with van der Waals surface area (Å²) in [5, 5.41) is 0.680. The normalized spacial score (nSPS) is 16.9. The van der Waals surface area contributed by atoms with Crippen molar-refractivity contribution in [2.24, 2.45) is 5.92 Å². The van der Waals surface area contributed by atoms with Crippen molar-refractivity contribution in [1.29, 1.82) is 0 Å². The van der Waals surface area contributed by atoms with Gasteiger partial charge in [0.15, 0.2) is 0 Å². The summed E-state index contributed by atoms with van der Waals surface area (Å²) in [4.78, 5) is 30.1. The minimum atomic E-state index is -5.58. The van der Waals surface area contributed by atoms with Gasteiger partial charge in [0.2, 0.25) is 0 Å². The number of rotatable bonds is 8. The van der Waals surface area contributed by atoms with Gasteiger partial charge in [0, 0.05) is 22.1 Å². The van der Waals surface area contributed by atoms with Crippen molar-refractivity contribution in [3.05, 3.63) is 62.3 Å². The molecular weight excluding hydrogens is 660 g/mol.